The van der Waals surface area contributed by atoms with Crippen molar-refractivity contribution in [3.8, 4) is 0 Å². The molecule has 4 rings (SSSR count). The fraction of sp³-hybridized carbons (Fsp3) is 0.667. The number of carbonyl (C=O) groups is 1. The molecule has 0 aromatic heterocycles. The first-order valence-corrected chi connectivity index (χ1v) is 9.77. The molecule has 5 heteroatoms. The van der Waals surface area contributed by atoms with Crippen molar-refractivity contribution >= 4 is 5.91 Å². The van der Waals surface area contributed by atoms with Crippen LogP contribution in [0.5, 0.6) is 0 Å². The van der Waals surface area contributed by atoms with Crippen molar-refractivity contribution in [3.05, 3.63) is 35.6 Å². The van der Waals surface area contributed by atoms with Gasteiger partial charge in [-0.25, -0.2) is 4.39 Å². The lowest BCUT2D eigenvalue weighted by Gasteiger charge is -2.55. The zero-order chi connectivity index (χ0) is 18.3. The summed E-state index contributed by atoms with van der Waals surface area (Å²) in [5, 5.41) is 10.3. The van der Waals surface area contributed by atoms with E-state index >= 15 is 0 Å². The Kier molecular flexibility index (Phi) is 4.78. The minimum absolute atomic E-state index is 0.147. The van der Waals surface area contributed by atoms with Gasteiger partial charge < -0.3 is 14.7 Å². The maximum atomic E-state index is 13.5. The van der Waals surface area contributed by atoms with Crippen LogP contribution < -0.4 is 0 Å². The van der Waals surface area contributed by atoms with E-state index in [1.165, 1.54) is 12.1 Å². The standard InChI is InChI=1S/C21H28FNO3/c1-26-19-12-23(13-19)20(25)11-21(14-5-7-17(22)8-6-14)15-3-2-4-16(21)10-18(24)9-15/h5-8,15-16,18-19,24H,2-4,9-13H2,1H3. The molecule has 2 saturated carbocycles. The van der Waals surface area contributed by atoms with Gasteiger partial charge in [0.25, 0.3) is 0 Å². The Morgan fingerprint density at radius 3 is 2.42 bits per heavy atom. The van der Waals surface area contributed by atoms with E-state index in [1.54, 1.807) is 7.11 Å². The third-order valence-electron chi connectivity index (χ3n) is 7.03. The number of halogens is 1. The molecular weight excluding hydrogens is 333 g/mol. The number of benzene rings is 1. The van der Waals surface area contributed by atoms with E-state index in [0.29, 0.717) is 19.5 Å². The Bertz CT molecular complexity index is 642. The van der Waals surface area contributed by atoms with Crippen LogP contribution >= 0.6 is 0 Å². The van der Waals surface area contributed by atoms with Gasteiger partial charge in [-0.05, 0) is 55.2 Å². The van der Waals surface area contributed by atoms with Crippen molar-refractivity contribution < 1.29 is 19.0 Å². The average Bonchev–Trinajstić information content (AvgIpc) is 2.55. The Morgan fingerprint density at radius 2 is 1.85 bits per heavy atom. The van der Waals surface area contributed by atoms with Gasteiger partial charge in [-0.3, -0.25) is 4.79 Å². The van der Waals surface area contributed by atoms with Crippen molar-refractivity contribution in [2.24, 2.45) is 11.8 Å². The first kappa shape index (κ1) is 17.9. The predicted molar refractivity (Wildman–Crippen MR) is 96.1 cm³/mol. The van der Waals surface area contributed by atoms with Crippen LogP contribution in [0.1, 0.15) is 44.1 Å². The van der Waals surface area contributed by atoms with Crippen LogP contribution in [0.3, 0.4) is 0 Å². The molecule has 142 valence electrons. The predicted octanol–water partition coefficient (Wildman–Crippen LogP) is 2.88. The van der Waals surface area contributed by atoms with Gasteiger partial charge in [0.15, 0.2) is 0 Å². The second-order valence-electron chi connectivity index (χ2n) is 8.33. The summed E-state index contributed by atoms with van der Waals surface area (Å²) in [4.78, 5) is 14.9. The summed E-state index contributed by atoms with van der Waals surface area (Å²) in [6, 6.07) is 6.74. The molecule has 1 amide bonds. The molecule has 2 unspecified atom stereocenters. The highest BCUT2D eigenvalue weighted by atomic mass is 19.1. The molecule has 3 fully saturated rings. The number of hydrogen-bond acceptors (Lipinski definition) is 3. The van der Waals surface area contributed by atoms with E-state index in [4.69, 9.17) is 4.74 Å². The number of aliphatic hydroxyl groups is 1. The van der Waals surface area contributed by atoms with Gasteiger partial charge >= 0.3 is 0 Å². The van der Waals surface area contributed by atoms with Crippen molar-refractivity contribution in [1.29, 1.82) is 0 Å². The van der Waals surface area contributed by atoms with Crippen LogP contribution in [0.4, 0.5) is 4.39 Å². The molecule has 1 aromatic rings. The Labute approximate surface area is 154 Å². The second kappa shape index (κ2) is 6.93. The van der Waals surface area contributed by atoms with Gasteiger partial charge in [0.05, 0.1) is 12.2 Å². The summed E-state index contributed by atoms with van der Waals surface area (Å²) in [5.74, 6) is 0.468. The minimum Gasteiger partial charge on any atom is -0.393 e. The van der Waals surface area contributed by atoms with Crippen LogP contribution in [0.15, 0.2) is 24.3 Å². The van der Waals surface area contributed by atoms with E-state index in [9.17, 15) is 14.3 Å². The molecule has 4 nitrogen and oxygen atoms in total. The number of amides is 1. The fourth-order valence-electron chi connectivity index (χ4n) is 5.64. The molecule has 2 atom stereocenters. The van der Waals surface area contributed by atoms with E-state index in [1.807, 2.05) is 17.0 Å². The van der Waals surface area contributed by atoms with Crippen LogP contribution in [0, 0.1) is 17.7 Å². The fourth-order valence-corrected chi connectivity index (χ4v) is 5.64. The number of carbonyl (C=O) groups excluding carboxylic acids is 1. The summed E-state index contributed by atoms with van der Waals surface area (Å²) in [5.41, 5.74) is 0.790. The molecule has 26 heavy (non-hydrogen) atoms. The highest BCUT2D eigenvalue weighted by molar-refractivity contribution is 5.79. The van der Waals surface area contributed by atoms with E-state index in [2.05, 4.69) is 0 Å². The van der Waals surface area contributed by atoms with Crippen molar-refractivity contribution in [2.45, 2.75) is 56.1 Å². The summed E-state index contributed by atoms with van der Waals surface area (Å²) >= 11 is 0. The normalized spacial score (nSPS) is 34.4. The molecule has 1 saturated heterocycles. The third-order valence-corrected chi connectivity index (χ3v) is 7.03. The number of nitrogens with zero attached hydrogens (tertiary/aromatic N) is 1. The summed E-state index contributed by atoms with van der Waals surface area (Å²) in [7, 11) is 1.68. The number of rotatable bonds is 4. The lowest BCUT2D eigenvalue weighted by atomic mass is 9.50. The zero-order valence-electron chi connectivity index (χ0n) is 15.4. The lowest BCUT2D eigenvalue weighted by molar-refractivity contribution is -0.148. The highest BCUT2D eigenvalue weighted by Gasteiger charge is 2.54. The van der Waals surface area contributed by atoms with Crippen LogP contribution in [0.2, 0.25) is 0 Å². The molecule has 1 aromatic carbocycles. The van der Waals surface area contributed by atoms with Gasteiger partial charge in [0.2, 0.25) is 5.91 Å². The minimum atomic E-state index is -0.282. The number of ether oxygens (including phenoxy) is 1. The largest absolute Gasteiger partial charge is 0.393 e. The van der Waals surface area contributed by atoms with Crippen LogP contribution in [-0.4, -0.2) is 48.3 Å². The maximum Gasteiger partial charge on any atom is 0.223 e. The van der Waals surface area contributed by atoms with Gasteiger partial charge in [0.1, 0.15) is 5.82 Å². The average molecular weight is 361 g/mol. The number of fused-ring (bicyclic) bond motifs is 2. The Morgan fingerprint density at radius 1 is 1.23 bits per heavy atom. The lowest BCUT2D eigenvalue weighted by Crippen LogP contribution is -2.58. The molecular formula is C21H28FNO3. The van der Waals surface area contributed by atoms with Gasteiger partial charge in [-0.2, -0.15) is 0 Å². The van der Waals surface area contributed by atoms with Crippen molar-refractivity contribution in [2.75, 3.05) is 20.2 Å². The second-order valence-corrected chi connectivity index (χ2v) is 8.33. The first-order valence-electron chi connectivity index (χ1n) is 9.77. The molecule has 0 spiro atoms. The number of likely N-dealkylation sites (tertiary alicyclic amines) is 1. The molecule has 3 aliphatic rings. The van der Waals surface area contributed by atoms with Crippen molar-refractivity contribution in [3.63, 3.8) is 0 Å². The van der Waals surface area contributed by atoms with E-state index < -0.39 is 0 Å². The van der Waals surface area contributed by atoms with Gasteiger partial charge in [-0.1, -0.05) is 18.6 Å². The number of aliphatic hydroxyl groups excluding tert-OH is 1. The molecule has 1 N–H and O–H groups in total. The zero-order valence-corrected chi connectivity index (χ0v) is 15.4. The maximum absolute atomic E-state index is 13.5. The van der Waals surface area contributed by atoms with E-state index in [0.717, 1.165) is 37.7 Å². The summed E-state index contributed by atoms with van der Waals surface area (Å²) in [6.45, 7) is 1.32. The molecule has 1 heterocycles. The summed E-state index contributed by atoms with van der Waals surface area (Å²) < 4.78 is 18.8. The topological polar surface area (TPSA) is 49.8 Å². The monoisotopic (exact) mass is 361 g/mol. The number of methoxy groups -OCH3 is 1. The molecule has 2 aliphatic carbocycles. The van der Waals surface area contributed by atoms with Crippen molar-refractivity contribution in [1.82, 2.24) is 4.90 Å². The van der Waals surface area contributed by atoms with Gasteiger partial charge in [0, 0.05) is 32.0 Å². The first-order chi connectivity index (χ1) is 12.5. The SMILES string of the molecule is COC1CN(C(=O)CC2(c3ccc(F)cc3)C3CCCC2CC(O)C3)C1. The van der Waals surface area contributed by atoms with Crippen LogP contribution in [-0.2, 0) is 14.9 Å². The highest BCUT2D eigenvalue weighted by Crippen LogP contribution is 2.56. The molecule has 2 bridgehead atoms. The summed E-state index contributed by atoms with van der Waals surface area (Å²) in [6.07, 6.45) is 5.00. The smallest absolute Gasteiger partial charge is 0.223 e. The third kappa shape index (κ3) is 2.95. The Hall–Kier alpha value is -1.46. The Balaban J connectivity index is 1.66. The quantitative estimate of drug-likeness (QED) is 0.897. The van der Waals surface area contributed by atoms with E-state index in [-0.39, 0.29) is 41.2 Å². The number of hydrogen-bond donors (Lipinski definition) is 1. The van der Waals surface area contributed by atoms with Gasteiger partial charge in [-0.15, -0.1) is 0 Å². The molecule has 1 aliphatic heterocycles. The van der Waals surface area contributed by atoms with Crippen LogP contribution in [0.25, 0.3) is 0 Å². The molecule has 0 radical (unpaired) electrons.